The topological polar surface area (TPSA) is 47.6 Å². The molecule has 0 aliphatic heterocycles. The summed E-state index contributed by atoms with van der Waals surface area (Å²) in [6, 6.07) is 19.3. The van der Waals surface area contributed by atoms with Gasteiger partial charge in [0.05, 0.1) is 13.0 Å². The van der Waals surface area contributed by atoms with Crippen molar-refractivity contribution in [3.05, 3.63) is 78.4 Å². The summed E-state index contributed by atoms with van der Waals surface area (Å²) in [6.07, 6.45) is 0. The van der Waals surface area contributed by atoms with E-state index in [4.69, 9.17) is 9.47 Å². The first-order valence-electron chi connectivity index (χ1n) is 9.22. The third-order valence-corrected chi connectivity index (χ3v) is 4.57. The Morgan fingerprint density at radius 1 is 1.00 bits per heavy atom. The van der Waals surface area contributed by atoms with E-state index in [2.05, 4.69) is 11.9 Å². The number of ether oxygens (including phenoxy) is 2. The van der Waals surface area contributed by atoms with Gasteiger partial charge in [-0.3, -0.25) is 4.79 Å². The van der Waals surface area contributed by atoms with Crippen molar-refractivity contribution in [2.24, 2.45) is 0 Å². The van der Waals surface area contributed by atoms with E-state index < -0.39 is 0 Å². The predicted octanol–water partition coefficient (Wildman–Crippen LogP) is 5.55. The van der Waals surface area contributed by atoms with Crippen molar-refractivity contribution in [1.82, 2.24) is 0 Å². The van der Waals surface area contributed by atoms with E-state index in [0.717, 1.165) is 39.1 Å². The number of carbonyl (C=O) groups excluding carboxylic acids is 1. The van der Waals surface area contributed by atoms with E-state index in [-0.39, 0.29) is 11.8 Å². The average molecular weight is 375 g/mol. The fraction of sp³-hybridized carbons (Fsp3) is 0.208. The van der Waals surface area contributed by atoms with E-state index in [0.29, 0.717) is 6.61 Å². The summed E-state index contributed by atoms with van der Waals surface area (Å²) in [4.78, 5) is 12.7. The van der Waals surface area contributed by atoms with Crippen molar-refractivity contribution in [1.29, 1.82) is 0 Å². The van der Waals surface area contributed by atoms with Crippen molar-refractivity contribution in [2.75, 3.05) is 19.0 Å². The molecule has 3 aromatic rings. The van der Waals surface area contributed by atoms with Crippen LogP contribution in [0.1, 0.15) is 25.3 Å². The minimum atomic E-state index is -0.272. The summed E-state index contributed by atoms with van der Waals surface area (Å²) in [5.41, 5.74) is 2.67. The Morgan fingerprint density at radius 3 is 2.32 bits per heavy atom. The minimum absolute atomic E-state index is 0.0523. The summed E-state index contributed by atoms with van der Waals surface area (Å²) in [5, 5.41) is 5.13. The first-order chi connectivity index (χ1) is 13.5. The molecule has 1 N–H and O–H groups in total. The lowest BCUT2D eigenvalue weighted by molar-refractivity contribution is -0.117. The molecule has 0 fully saturated rings. The van der Waals surface area contributed by atoms with Crippen LogP contribution in [0, 0.1) is 0 Å². The van der Waals surface area contributed by atoms with Crippen molar-refractivity contribution >= 4 is 22.4 Å². The fourth-order valence-electron chi connectivity index (χ4n) is 2.88. The molecule has 0 unspecified atom stereocenters. The molecular weight excluding hydrogens is 350 g/mol. The van der Waals surface area contributed by atoms with E-state index in [9.17, 15) is 4.79 Å². The van der Waals surface area contributed by atoms with Crippen LogP contribution in [0.5, 0.6) is 11.5 Å². The second-order valence-corrected chi connectivity index (χ2v) is 6.95. The number of carbonyl (C=O) groups is 1. The Bertz CT molecular complexity index is 992. The normalized spacial score (nSPS) is 11.7. The lowest BCUT2D eigenvalue weighted by Gasteiger charge is -2.14. The number of fused-ring (bicyclic) bond motifs is 1. The smallest absolute Gasteiger partial charge is 0.231 e. The van der Waals surface area contributed by atoms with Crippen LogP contribution in [0.3, 0.4) is 0 Å². The number of benzene rings is 3. The molecule has 0 aliphatic rings. The number of hydrogen-bond donors (Lipinski definition) is 1. The third-order valence-electron chi connectivity index (χ3n) is 4.57. The monoisotopic (exact) mass is 375 g/mol. The molecule has 3 rings (SSSR count). The molecule has 144 valence electrons. The van der Waals surface area contributed by atoms with Crippen molar-refractivity contribution < 1.29 is 14.3 Å². The number of anilines is 1. The molecular formula is C24H25NO3. The van der Waals surface area contributed by atoms with E-state index in [1.165, 1.54) is 0 Å². The van der Waals surface area contributed by atoms with Crippen LogP contribution in [-0.2, 0) is 4.79 Å². The zero-order valence-electron chi connectivity index (χ0n) is 16.5. The maximum absolute atomic E-state index is 12.7. The van der Waals surface area contributed by atoms with Crippen LogP contribution >= 0.6 is 0 Å². The molecule has 0 saturated carbocycles. The SMILES string of the molecule is C=C(C)COc1ccc(NC(=O)[C@@H](C)c2ccc3cc(OC)ccc3c2)cc1. The average Bonchev–Trinajstić information content (AvgIpc) is 2.71. The Labute approximate surface area is 165 Å². The van der Waals surface area contributed by atoms with Crippen molar-refractivity contribution in [2.45, 2.75) is 19.8 Å². The number of hydrogen-bond acceptors (Lipinski definition) is 3. The van der Waals surface area contributed by atoms with Crippen LogP contribution in [0.25, 0.3) is 10.8 Å². The highest BCUT2D eigenvalue weighted by molar-refractivity contribution is 5.96. The molecule has 0 aromatic heterocycles. The van der Waals surface area contributed by atoms with Gasteiger partial charge in [-0.2, -0.15) is 0 Å². The van der Waals surface area contributed by atoms with Crippen LogP contribution in [0.4, 0.5) is 5.69 Å². The maximum atomic E-state index is 12.7. The van der Waals surface area contributed by atoms with Crippen molar-refractivity contribution in [3.8, 4) is 11.5 Å². The molecule has 1 amide bonds. The van der Waals surface area contributed by atoms with Gasteiger partial charge < -0.3 is 14.8 Å². The van der Waals surface area contributed by atoms with E-state index >= 15 is 0 Å². The van der Waals surface area contributed by atoms with Gasteiger partial charge in [0.2, 0.25) is 5.91 Å². The maximum Gasteiger partial charge on any atom is 0.231 e. The third kappa shape index (κ3) is 4.71. The standard InChI is InChI=1S/C24H25NO3/c1-16(2)15-28-22-11-8-21(9-12-22)25-24(26)17(3)18-5-6-20-14-23(27-4)10-7-19(20)13-18/h5-14,17H,1,15H2,2-4H3,(H,25,26)/t17-/m0/s1. The minimum Gasteiger partial charge on any atom is -0.497 e. The second kappa shape index (κ2) is 8.61. The Hall–Kier alpha value is -3.27. The van der Waals surface area contributed by atoms with E-state index in [1.807, 2.05) is 74.5 Å². The summed E-state index contributed by atoms with van der Waals surface area (Å²) < 4.78 is 10.8. The Morgan fingerprint density at radius 2 is 1.64 bits per heavy atom. The second-order valence-electron chi connectivity index (χ2n) is 6.95. The Balaban J connectivity index is 1.68. The zero-order valence-corrected chi connectivity index (χ0v) is 16.5. The molecule has 28 heavy (non-hydrogen) atoms. The van der Waals surface area contributed by atoms with Gasteiger partial charge in [-0.15, -0.1) is 0 Å². The fourth-order valence-corrected chi connectivity index (χ4v) is 2.88. The highest BCUT2D eigenvalue weighted by Crippen LogP contribution is 2.26. The van der Waals surface area contributed by atoms with Gasteiger partial charge in [0.15, 0.2) is 0 Å². The number of rotatable bonds is 7. The highest BCUT2D eigenvalue weighted by atomic mass is 16.5. The number of amides is 1. The molecule has 0 spiro atoms. The molecule has 0 heterocycles. The van der Waals surface area contributed by atoms with Crippen molar-refractivity contribution in [3.63, 3.8) is 0 Å². The lowest BCUT2D eigenvalue weighted by Crippen LogP contribution is -2.18. The first kappa shape index (κ1) is 19.5. The molecule has 0 aliphatic carbocycles. The van der Waals surface area contributed by atoms with Gasteiger partial charge in [-0.25, -0.2) is 0 Å². The summed E-state index contributed by atoms with van der Waals surface area (Å²) in [7, 11) is 1.65. The van der Waals surface area contributed by atoms with Gasteiger partial charge in [0.1, 0.15) is 18.1 Å². The molecule has 0 radical (unpaired) electrons. The summed E-state index contributed by atoms with van der Waals surface area (Å²) in [5.74, 6) is 1.25. The number of methoxy groups -OCH3 is 1. The van der Waals surface area contributed by atoms with Crippen LogP contribution in [0.15, 0.2) is 72.8 Å². The lowest BCUT2D eigenvalue weighted by atomic mass is 9.97. The van der Waals surface area contributed by atoms with Gasteiger partial charge >= 0.3 is 0 Å². The van der Waals surface area contributed by atoms with Gasteiger partial charge in [-0.1, -0.05) is 30.8 Å². The molecule has 4 heteroatoms. The molecule has 0 saturated heterocycles. The first-order valence-corrected chi connectivity index (χ1v) is 9.22. The van der Waals surface area contributed by atoms with Gasteiger partial charge in [0, 0.05) is 5.69 Å². The zero-order chi connectivity index (χ0) is 20.1. The van der Waals surface area contributed by atoms with Crippen LogP contribution in [0.2, 0.25) is 0 Å². The summed E-state index contributed by atoms with van der Waals surface area (Å²) in [6.45, 7) is 8.12. The molecule has 0 bridgehead atoms. The molecule has 3 aromatic carbocycles. The number of nitrogens with one attached hydrogen (secondary N) is 1. The van der Waals surface area contributed by atoms with Gasteiger partial charge in [0.25, 0.3) is 0 Å². The van der Waals surface area contributed by atoms with Gasteiger partial charge in [-0.05, 0) is 72.2 Å². The largest absolute Gasteiger partial charge is 0.497 e. The van der Waals surface area contributed by atoms with E-state index in [1.54, 1.807) is 7.11 Å². The predicted molar refractivity (Wildman–Crippen MR) is 114 cm³/mol. The highest BCUT2D eigenvalue weighted by Gasteiger charge is 2.16. The molecule has 4 nitrogen and oxygen atoms in total. The molecule has 1 atom stereocenters. The quantitative estimate of drug-likeness (QED) is 0.551. The van der Waals surface area contributed by atoms with Crippen LogP contribution < -0.4 is 14.8 Å². The Kier molecular flexibility index (Phi) is 5.99. The van der Waals surface area contributed by atoms with Crippen LogP contribution in [-0.4, -0.2) is 19.6 Å². The summed E-state index contributed by atoms with van der Waals surface area (Å²) >= 11 is 0.